The Morgan fingerprint density at radius 2 is 1.40 bits per heavy atom. The van der Waals surface area contributed by atoms with E-state index < -0.39 is 0 Å². The van der Waals surface area contributed by atoms with Crippen molar-refractivity contribution < 1.29 is 4.74 Å². The highest BCUT2D eigenvalue weighted by molar-refractivity contribution is 8.13. The number of benzene rings is 3. The van der Waals surface area contributed by atoms with Crippen LogP contribution in [0.25, 0.3) is 0 Å². The van der Waals surface area contributed by atoms with Crippen LogP contribution in [-0.2, 0) is 5.75 Å². The second-order valence-corrected chi connectivity index (χ2v) is 6.29. The highest BCUT2D eigenvalue weighted by Gasteiger charge is 2.00. The van der Waals surface area contributed by atoms with Crippen LogP contribution in [0.1, 0.15) is 5.56 Å². The number of ether oxygens (including phenoxy) is 1. The number of thioether (sulfide) groups is 1. The molecule has 3 heteroatoms. The molecule has 2 nitrogen and oxygen atoms in total. The second kappa shape index (κ2) is 9.50. The summed E-state index contributed by atoms with van der Waals surface area (Å²) in [4.78, 5) is 4.72. The number of rotatable bonds is 6. The Morgan fingerprint density at radius 3 is 2.08 bits per heavy atom. The molecule has 0 heterocycles. The molecule has 3 aromatic carbocycles. The van der Waals surface area contributed by atoms with Gasteiger partial charge >= 0.3 is 0 Å². The first-order chi connectivity index (χ1) is 12.4. The average Bonchev–Trinajstić information content (AvgIpc) is 2.68. The zero-order valence-electron chi connectivity index (χ0n) is 13.8. The summed E-state index contributed by atoms with van der Waals surface area (Å²) >= 11 is 1.69. The number of hydrogen-bond donors (Lipinski definition) is 0. The van der Waals surface area contributed by atoms with Crippen LogP contribution in [0.2, 0.25) is 0 Å². The molecule has 0 saturated carbocycles. The third-order valence-electron chi connectivity index (χ3n) is 3.38. The summed E-state index contributed by atoms with van der Waals surface area (Å²) in [7, 11) is 0. The van der Waals surface area contributed by atoms with E-state index in [1.54, 1.807) is 18.0 Å². The van der Waals surface area contributed by atoms with Gasteiger partial charge in [-0.25, -0.2) is 4.99 Å². The Kier molecular flexibility index (Phi) is 6.48. The van der Waals surface area contributed by atoms with E-state index in [0.29, 0.717) is 0 Å². The average molecular weight is 345 g/mol. The monoisotopic (exact) mass is 345 g/mol. The van der Waals surface area contributed by atoms with E-state index in [9.17, 15) is 0 Å². The summed E-state index contributed by atoms with van der Waals surface area (Å²) in [6.07, 6.45) is 3.60. The van der Waals surface area contributed by atoms with E-state index in [1.807, 2.05) is 72.8 Å². The van der Waals surface area contributed by atoms with Crippen molar-refractivity contribution in [2.45, 2.75) is 5.75 Å². The summed E-state index contributed by atoms with van der Waals surface area (Å²) < 4.78 is 5.65. The Labute approximate surface area is 152 Å². The van der Waals surface area contributed by atoms with Gasteiger partial charge in [0.2, 0.25) is 0 Å². The molecule has 124 valence electrons. The quantitative estimate of drug-likeness (QED) is 0.299. The lowest BCUT2D eigenvalue weighted by molar-refractivity contribution is 0.482. The van der Waals surface area contributed by atoms with Crippen molar-refractivity contribution in [1.29, 1.82) is 0 Å². The van der Waals surface area contributed by atoms with Crippen LogP contribution in [-0.4, -0.2) is 5.04 Å². The van der Waals surface area contributed by atoms with Gasteiger partial charge in [-0.2, -0.15) is 0 Å². The van der Waals surface area contributed by atoms with Gasteiger partial charge in [-0.3, -0.25) is 0 Å². The first-order valence-electron chi connectivity index (χ1n) is 8.09. The van der Waals surface area contributed by atoms with Crippen molar-refractivity contribution in [2.24, 2.45) is 4.99 Å². The SMILES string of the molecule is C(=CC(=Nc1ccccc1)SCc1ccccc1)Oc1ccccc1. The van der Waals surface area contributed by atoms with Gasteiger partial charge < -0.3 is 4.74 Å². The molecule has 0 amide bonds. The molecule has 0 aliphatic carbocycles. The van der Waals surface area contributed by atoms with Crippen molar-refractivity contribution in [3.8, 4) is 5.75 Å². The normalized spacial score (nSPS) is 11.6. The van der Waals surface area contributed by atoms with Crippen LogP contribution in [0.15, 0.2) is 108 Å². The van der Waals surface area contributed by atoms with E-state index in [4.69, 9.17) is 9.73 Å². The first kappa shape index (κ1) is 17.1. The Bertz CT molecular complexity index is 814. The third kappa shape index (κ3) is 5.98. The smallest absolute Gasteiger partial charge is 0.126 e. The lowest BCUT2D eigenvalue weighted by atomic mass is 10.2. The molecule has 0 saturated heterocycles. The summed E-state index contributed by atoms with van der Waals surface area (Å²) in [6.45, 7) is 0. The van der Waals surface area contributed by atoms with Crippen LogP contribution in [0, 0.1) is 0 Å². The highest BCUT2D eigenvalue weighted by atomic mass is 32.2. The molecule has 3 rings (SSSR count). The van der Waals surface area contributed by atoms with Crippen molar-refractivity contribution >= 4 is 22.5 Å². The molecule has 3 aromatic rings. The largest absolute Gasteiger partial charge is 0.465 e. The van der Waals surface area contributed by atoms with Crippen LogP contribution >= 0.6 is 11.8 Å². The highest BCUT2D eigenvalue weighted by Crippen LogP contribution is 2.20. The summed E-state index contributed by atoms with van der Waals surface area (Å²) in [6, 6.07) is 30.1. The summed E-state index contributed by atoms with van der Waals surface area (Å²) in [5, 5.41) is 0.908. The standard InChI is InChI=1S/C22H19NOS/c1-4-10-19(11-5-1)18-25-22(23-20-12-6-2-7-13-20)16-17-24-21-14-8-3-9-15-21/h1-17H,18H2. The number of nitrogens with zero attached hydrogens (tertiary/aromatic N) is 1. The van der Waals surface area contributed by atoms with Crippen LogP contribution < -0.4 is 4.74 Å². The van der Waals surface area contributed by atoms with Gasteiger partial charge in [0, 0.05) is 11.8 Å². The maximum absolute atomic E-state index is 5.65. The molecule has 25 heavy (non-hydrogen) atoms. The molecule has 0 aliphatic heterocycles. The van der Waals surface area contributed by atoms with Crippen LogP contribution in [0.5, 0.6) is 5.75 Å². The van der Waals surface area contributed by atoms with Gasteiger partial charge in [-0.15, -0.1) is 11.8 Å². The van der Waals surface area contributed by atoms with E-state index in [0.717, 1.165) is 22.2 Å². The molecule has 0 fully saturated rings. The molecule has 0 N–H and O–H groups in total. The first-order valence-corrected chi connectivity index (χ1v) is 9.07. The Balaban J connectivity index is 1.71. The third-order valence-corrected chi connectivity index (χ3v) is 4.38. The molecule has 0 unspecified atom stereocenters. The van der Waals surface area contributed by atoms with Crippen LogP contribution in [0.4, 0.5) is 5.69 Å². The van der Waals surface area contributed by atoms with E-state index in [-0.39, 0.29) is 0 Å². The lowest BCUT2D eigenvalue weighted by Gasteiger charge is -2.04. The predicted molar refractivity (Wildman–Crippen MR) is 107 cm³/mol. The van der Waals surface area contributed by atoms with Gasteiger partial charge in [0.15, 0.2) is 0 Å². The molecule has 0 bridgehead atoms. The maximum Gasteiger partial charge on any atom is 0.126 e. The maximum atomic E-state index is 5.65. The molecule has 0 aromatic heterocycles. The molecular formula is C22H19NOS. The molecule has 0 aliphatic rings. The number of hydrogen-bond acceptors (Lipinski definition) is 3. The van der Waals surface area contributed by atoms with E-state index in [1.165, 1.54) is 5.56 Å². The second-order valence-electron chi connectivity index (χ2n) is 5.29. The van der Waals surface area contributed by atoms with E-state index >= 15 is 0 Å². The zero-order valence-corrected chi connectivity index (χ0v) is 14.6. The van der Waals surface area contributed by atoms with Gasteiger partial charge in [0.25, 0.3) is 0 Å². The Morgan fingerprint density at radius 1 is 0.800 bits per heavy atom. The van der Waals surface area contributed by atoms with Gasteiger partial charge in [-0.05, 0) is 29.8 Å². The number of aliphatic imine (C=N–C) groups is 1. The molecule has 0 spiro atoms. The van der Waals surface area contributed by atoms with Crippen LogP contribution in [0.3, 0.4) is 0 Å². The van der Waals surface area contributed by atoms with Crippen molar-refractivity contribution in [3.63, 3.8) is 0 Å². The fraction of sp³-hybridized carbons (Fsp3) is 0.0455. The minimum Gasteiger partial charge on any atom is -0.465 e. The predicted octanol–water partition coefficient (Wildman–Crippen LogP) is 6.24. The minimum atomic E-state index is 0.811. The lowest BCUT2D eigenvalue weighted by Crippen LogP contribution is -1.91. The fourth-order valence-corrected chi connectivity index (χ4v) is 2.98. The topological polar surface area (TPSA) is 21.6 Å². The minimum absolute atomic E-state index is 0.811. The van der Waals surface area contributed by atoms with Crippen molar-refractivity contribution in [1.82, 2.24) is 0 Å². The summed E-state index contributed by atoms with van der Waals surface area (Å²) in [5.41, 5.74) is 2.20. The number of para-hydroxylation sites is 2. The van der Waals surface area contributed by atoms with Gasteiger partial charge in [0.05, 0.1) is 11.9 Å². The molecule has 0 radical (unpaired) electrons. The molecular weight excluding hydrogens is 326 g/mol. The van der Waals surface area contributed by atoms with E-state index in [2.05, 4.69) is 24.3 Å². The fourth-order valence-electron chi connectivity index (χ4n) is 2.15. The van der Waals surface area contributed by atoms with Crippen molar-refractivity contribution in [2.75, 3.05) is 0 Å². The zero-order chi connectivity index (χ0) is 17.2. The Hall–Kier alpha value is -2.78. The van der Waals surface area contributed by atoms with Gasteiger partial charge in [0.1, 0.15) is 10.8 Å². The van der Waals surface area contributed by atoms with Gasteiger partial charge in [-0.1, -0.05) is 66.7 Å². The summed E-state index contributed by atoms with van der Waals surface area (Å²) in [5.74, 6) is 1.67. The van der Waals surface area contributed by atoms with Crippen molar-refractivity contribution in [3.05, 3.63) is 109 Å². The molecule has 0 atom stereocenters.